The number of methoxy groups -OCH3 is 1. The molecule has 1 saturated heterocycles. The molecule has 14 heavy (non-hydrogen) atoms. The van der Waals surface area contributed by atoms with Crippen LogP contribution in [-0.2, 0) is 14.3 Å². The minimum atomic E-state index is -0.287. The maximum absolute atomic E-state index is 11.4. The molecule has 1 heterocycles. The predicted octanol–water partition coefficient (Wildman–Crippen LogP) is 0.193. The van der Waals surface area contributed by atoms with Gasteiger partial charge in [-0.15, -0.1) is 0 Å². The number of rotatable bonds is 1. The van der Waals surface area contributed by atoms with Crippen LogP contribution in [0.5, 0.6) is 0 Å². The van der Waals surface area contributed by atoms with Crippen molar-refractivity contribution in [2.24, 2.45) is 17.8 Å². The van der Waals surface area contributed by atoms with Gasteiger partial charge in [-0.3, -0.25) is 4.79 Å². The molecule has 2 rings (SSSR count). The largest absolute Gasteiger partial charge is 0.469 e. The SMILES string of the molecule is COC(=O)C1C[C@H]2COC[C@@H](C1)C2O. The fourth-order valence-electron chi connectivity index (χ4n) is 2.55. The molecule has 4 heteroatoms. The minimum Gasteiger partial charge on any atom is -0.469 e. The van der Waals surface area contributed by atoms with Crippen molar-refractivity contribution in [2.45, 2.75) is 18.9 Å². The van der Waals surface area contributed by atoms with Crippen molar-refractivity contribution >= 4 is 5.97 Å². The number of carbonyl (C=O) groups is 1. The van der Waals surface area contributed by atoms with Crippen molar-refractivity contribution < 1.29 is 19.4 Å². The second-order valence-corrected chi connectivity index (χ2v) is 4.24. The lowest BCUT2D eigenvalue weighted by molar-refractivity contribution is -0.158. The monoisotopic (exact) mass is 200 g/mol. The second-order valence-electron chi connectivity index (χ2n) is 4.24. The zero-order valence-electron chi connectivity index (χ0n) is 8.31. The summed E-state index contributed by atoms with van der Waals surface area (Å²) in [6.45, 7) is 1.15. The third kappa shape index (κ3) is 1.64. The number of ether oxygens (including phenoxy) is 2. The highest BCUT2D eigenvalue weighted by Crippen LogP contribution is 2.37. The average molecular weight is 200 g/mol. The first-order chi connectivity index (χ1) is 6.72. The van der Waals surface area contributed by atoms with Gasteiger partial charge in [-0.05, 0) is 12.8 Å². The van der Waals surface area contributed by atoms with E-state index in [0.29, 0.717) is 26.1 Å². The van der Waals surface area contributed by atoms with Gasteiger partial charge in [0.15, 0.2) is 0 Å². The highest BCUT2D eigenvalue weighted by Gasteiger charge is 2.42. The molecule has 1 aliphatic carbocycles. The summed E-state index contributed by atoms with van der Waals surface area (Å²) in [4.78, 5) is 11.4. The summed E-state index contributed by atoms with van der Waals surface area (Å²) < 4.78 is 10.1. The van der Waals surface area contributed by atoms with E-state index in [0.717, 1.165) is 0 Å². The van der Waals surface area contributed by atoms with Crippen LogP contribution in [-0.4, -0.2) is 37.5 Å². The van der Waals surface area contributed by atoms with E-state index in [4.69, 9.17) is 9.47 Å². The molecule has 0 aromatic carbocycles. The molecular weight excluding hydrogens is 184 g/mol. The van der Waals surface area contributed by atoms with Crippen LogP contribution in [0.25, 0.3) is 0 Å². The zero-order chi connectivity index (χ0) is 10.1. The highest BCUT2D eigenvalue weighted by atomic mass is 16.5. The molecule has 0 radical (unpaired) electrons. The molecule has 4 nitrogen and oxygen atoms in total. The van der Waals surface area contributed by atoms with Crippen LogP contribution >= 0.6 is 0 Å². The summed E-state index contributed by atoms with van der Waals surface area (Å²) in [6.07, 6.45) is 1.11. The van der Waals surface area contributed by atoms with E-state index in [1.807, 2.05) is 0 Å². The predicted molar refractivity (Wildman–Crippen MR) is 48.5 cm³/mol. The number of hydrogen-bond donors (Lipinski definition) is 1. The number of aliphatic hydroxyl groups is 1. The summed E-state index contributed by atoms with van der Waals surface area (Å²) in [5.74, 6) is 0.0503. The van der Waals surface area contributed by atoms with E-state index >= 15 is 0 Å². The molecular formula is C10H16O4. The first-order valence-electron chi connectivity index (χ1n) is 5.06. The third-order valence-electron chi connectivity index (χ3n) is 3.34. The minimum absolute atomic E-state index is 0.0395. The smallest absolute Gasteiger partial charge is 0.308 e. The number of aliphatic hydroxyl groups excluding tert-OH is 1. The van der Waals surface area contributed by atoms with E-state index in [9.17, 15) is 9.90 Å². The normalized spacial score (nSPS) is 41.9. The van der Waals surface area contributed by atoms with Crippen molar-refractivity contribution in [1.82, 2.24) is 0 Å². The molecule has 4 atom stereocenters. The average Bonchev–Trinajstić information content (AvgIpc) is 2.16. The fourth-order valence-corrected chi connectivity index (χ4v) is 2.55. The molecule has 0 aromatic heterocycles. The topological polar surface area (TPSA) is 55.8 Å². The van der Waals surface area contributed by atoms with Crippen molar-refractivity contribution in [3.05, 3.63) is 0 Å². The number of esters is 1. The van der Waals surface area contributed by atoms with Crippen LogP contribution in [0.1, 0.15) is 12.8 Å². The zero-order valence-corrected chi connectivity index (χ0v) is 8.31. The van der Waals surface area contributed by atoms with Crippen LogP contribution in [0.2, 0.25) is 0 Å². The molecule has 0 aromatic rings. The first-order valence-corrected chi connectivity index (χ1v) is 5.06. The van der Waals surface area contributed by atoms with Crippen LogP contribution in [0.3, 0.4) is 0 Å². The quantitative estimate of drug-likeness (QED) is 0.614. The molecule has 2 unspecified atom stereocenters. The maximum Gasteiger partial charge on any atom is 0.308 e. The van der Waals surface area contributed by atoms with Gasteiger partial charge >= 0.3 is 5.97 Å². The van der Waals surface area contributed by atoms with Crippen molar-refractivity contribution in [1.29, 1.82) is 0 Å². The Morgan fingerprint density at radius 3 is 2.43 bits per heavy atom. The Balaban J connectivity index is 2.03. The standard InChI is InChI=1S/C10H16O4/c1-13-10(12)6-2-7-4-14-5-8(3-6)9(7)11/h6-9,11H,2-5H2,1H3/t6?,7-,8+,9?. The molecule has 1 aliphatic heterocycles. The van der Waals surface area contributed by atoms with Crippen molar-refractivity contribution in [2.75, 3.05) is 20.3 Å². The molecule has 80 valence electrons. The summed E-state index contributed by atoms with van der Waals surface area (Å²) in [6, 6.07) is 0. The Morgan fingerprint density at radius 2 is 1.93 bits per heavy atom. The first kappa shape index (κ1) is 9.93. The lowest BCUT2D eigenvalue weighted by Gasteiger charge is -2.41. The van der Waals surface area contributed by atoms with Crippen molar-refractivity contribution in [3.63, 3.8) is 0 Å². The van der Waals surface area contributed by atoms with Crippen LogP contribution in [0.15, 0.2) is 0 Å². The third-order valence-corrected chi connectivity index (χ3v) is 3.34. The van der Waals surface area contributed by atoms with Gasteiger partial charge in [-0.2, -0.15) is 0 Å². The Bertz CT molecular complexity index is 214. The molecule has 0 spiro atoms. The Hall–Kier alpha value is -0.610. The van der Waals surface area contributed by atoms with Gasteiger partial charge in [0.2, 0.25) is 0 Å². The van der Waals surface area contributed by atoms with Gasteiger partial charge in [-0.25, -0.2) is 0 Å². The van der Waals surface area contributed by atoms with Gasteiger partial charge in [0.25, 0.3) is 0 Å². The molecule has 2 fully saturated rings. The van der Waals surface area contributed by atoms with Gasteiger partial charge in [-0.1, -0.05) is 0 Å². The van der Waals surface area contributed by atoms with Crippen molar-refractivity contribution in [3.8, 4) is 0 Å². The van der Waals surface area contributed by atoms with Gasteiger partial charge in [0.05, 0.1) is 32.3 Å². The Morgan fingerprint density at radius 1 is 1.36 bits per heavy atom. The van der Waals surface area contributed by atoms with E-state index in [2.05, 4.69) is 0 Å². The van der Waals surface area contributed by atoms with Crippen LogP contribution < -0.4 is 0 Å². The van der Waals surface area contributed by atoms with E-state index in [-0.39, 0.29) is 29.8 Å². The number of fused-ring (bicyclic) bond motifs is 2. The summed E-state index contributed by atoms with van der Waals surface area (Å²) >= 11 is 0. The highest BCUT2D eigenvalue weighted by molar-refractivity contribution is 5.72. The fraction of sp³-hybridized carbons (Fsp3) is 0.900. The second kappa shape index (κ2) is 3.87. The van der Waals surface area contributed by atoms with E-state index in [1.54, 1.807) is 0 Å². The van der Waals surface area contributed by atoms with Gasteiger partial charge < -0.3 is 14.6 Å². The summed E-state index contributed by atoms with van der Waals surface area (Å²) in [5, 5.41) is 9.83. The lowest BCUT2D eigenvalue weighted by Crippen LogP contribution is -2.47. The molecule has 2 bridgehead atoms. The maximum atomic E-state index is 11.4. The van der Waals surface area contributed by atoms with E-state index in [1.165, 1.54) is 7.11 Å². The summed E-state index contributed by atoms with van der Waals surface area (Å²) in [5.41, 5.74) is 0. The molecule has 0 amide bonds. The Labute approximate surface area is 83.2 Å². The number of carbonyl (C=O) groups excluding carboxylic acids is 1. The van der Waals surface area contributed by atoms with Crippen LogP contribution in [0, 0.1) is 17.8 Å². The summed E-state index contributed by atoms with van der Waals surface area (Å²) in [7, 11) is 1.42. The van der Waals surface area contributed by atoms with Crippen LogP contribution in [0.4, 0.5) is 0 Å². The van der Waals surface area contributed by atoms with Gasteiger partial charge in [0.1, 0.15) is 0 Å². The van der Waals surface area contributed by atoms with Gasteiger partial charge in [0, 0.05) is 11.8 Å². The molecule has 2 aliphatic rings. The molecule has 1 saturated carbocycles. The number of hydrogen-bond acceptors (Lipinski definition) is 4. The van der Waals surface area contributed by atoms with E-state index < -0.39 is 0 Å². The molecule has 1 N–H and O–H groups in total. The Kier molecular flexibility index (Phi) is 2.74. The lowest BCUT2D eigenvalue weighted by atomic mass is 9.72.